The summed E-state index contributed by atoms with van der Waals surface area (Å²) in [6.07, 6.45) is 3.67. The number of nitrogens with one attached hydrogen (secondary N) is 2. The molecule has 4 N–H and O–H groups in total. The number of nitrogens with zero attached hydrogens (tertiary/aromatic N) is 2. The third kappa shape index (κ3) is 3.57. The van der Waals surface area contributed by atoms with Gasteiger partial charge >= 0.3 is 0 Å². The lowest BCUT2D eigenvalue weighted by molar-refractivity contribution is 0.233. The Bertz CT molecular complexity index is 534. The molecule has 1 aliphatic heterocycles. The molecule has 0 spiro atoms. The van der Waals surface area contributed by atoms with Gasteiger partial charge in [0.1, 0.15) is 4.90 Å². The van der Waals surface area contributed by atoms with Gasteiger partial charge in [-0.2, -0.15) is 5.10 Å². The van der Waals surface area contributed by atoms with E-state index in [4.69, 9.17) is 5.73 Å². The zero-order chi connectivity index (χ0) is 14.6. The van der Waals surface area contributed by atoms with E-state index in [1.54, 1.807) is 6.92 Å². The summed E-state index contributed by atoms with van der Waals surface area (Å²) in [5, 5.41) is 6.59. The van der Waals surface area contributed by atoms with E-state index in [1.807, 2.05) is 0 Å². The van der Waals surface area contributed by atoms with Crippen LogP contribution < -0.4 is 10.5 Å². The highest BCUT2D eigenvalue weighted by molar-refractivity contribution is 7.89. The van der Waals surface area contributed by atoms with Gasteiger partial charge < -0.3 is 10.6 Å². The van der Waals surface area contributed by atoms with Crippen LogP contribution in [0.5, 0.6) is 0 Å². The second-order valence-electron chi connectivity index (χ2n) is 5.13. The molecule has 0 atom stereocenters. The number of aromatic amines is 1. The molecule has 2 rings (SSSR count). The molecule has 114 valence electrons. The SMILES string of the molecule is Cc1[nH]nc(CN)c1S(=O)(=O)NCCN1CCCCC1. The third-order valence-corrected chi connectivity index (χ3v) is 5.26. The van der Waals surface area contributed by atoms with Crippen molar-refractivity contribution in [1.82, 2.24) is 19.8 Å². The number of aryl methyl sites for hydroxylation is 1. The molecule has 8 heteroatoms. The van der Waals surface area contributed by atoms with E-state index in [0.29, 0.717) is 17.9 Å². The van der Waals surface area contributed by atoms with E-state index in [2.05, 4.69) is 19.8 Å². The Kier molecular flexibility index (Phi) is 5.14. The second-order valence-corrected chi connectivity index (χ2v) is 6.83. The summed E-state index contributed by atoms with van der Waals surface area (Å²) < 4.78 is 27.2. The second kappa shape index (κ2) is 6.66. The lowest BCUT2D eigenvalue weighted by atomic mass is 10.1. The number of hydrogen-bond donors (Lipinski definition) is 3. The fraction of sp³-hybridized carbons (Fsp3) is 0.750. The highest BCUT2D eigenvalue weighted by atomic mass is 32.2. The minimum absolute atomic E-state index is 0.104. The Morgan fingerprint density at radius 3 is 2.70 bits per heavy atom. The highest BCUT2D eigenvalue weighted by Crippen LogP contribution is 2.16. The van der Waals surface area contributed by atoms with Crippen LogP contribution in [-0.2, 0) is 16.6 Å². The molecule has 20 heavy (non-hydrogen) atoms. The van der Waals surface area contributed by atoms with Crippen LogP contribution in [0.4, 0.5) is 0 Å². The van der Waals surface area contributed by atoms with Crippen molar-refractivity contribution in [3.05, 3.63) is 11.4 Å². The maximum absolute atomic E-state index is 12.3. The summed E-state index contributed by atoms with van der Waals surface area (Å²) in [6.45, 7) is 5.06. The van der Waals surface area contributed by atoms with E-state index in [9.17, 15) is 8.42 Å². The summed E-state index contributed by atoms with van der Waals surface area (Å²) >= 11 is 0. The first kappa shape index (κ1) is 15.4. The Morgan fingerprint density at radius 1 is 1.35 bits per heavy atom. The maximum Gasteiger partial charge on any atom is 0.244 e. The molecule has 0 unspecified atom stereocenters. The van der Waals surface area contributed by atoms with Gasteiger partial charge in [-0.15, -0.1) is 0 Å². The number of likely N-dealkylation sites (tertiary alicyclic amines) is 1. The van der Waals surface area contributed by atoms with Crippen molar-refractivity contribution < 1.29 is 8.42 Å². The zero-order valence-electron chi connectivity index (χ0n) is 11.9. The fourth-order valence-electron chi connectivity index (χ4n) is 2.56. The lowest BCUT2D eigenvalue weighted by Crippen LogP contribution is -2.37. The first-order valence-electron chi connectivity index (χ1n) is 7.00. The van der Waals surface area contributed by atoms with Crippen LogP contribution in [0.2, 0.25) is 0 Å². The van der Waals surface area contributed by atoms with Crippen LogP contribution >= 0.6 is 0 Å². The molecule has 0 aliphatic carbocycles. The van der Waals surface area contributed by atoms with Gasteiger partial charge in [0, 0.05) is 19.6 Å². The standard InChI is InChI=1S/C12H23N5O2S/c1-10-12(11(9-13)16-15-10)20(18,19)14-5-8-17-6-3-2-4-7-17/h14H,2-9,13H2,1H3,(H,15,16). The van der Waals surface area contributed by atoms with Crippen LogP contribution in [0.3, 0.4) is 0 Å². The molecule has 1 saturated heterocycles. The highest BCUT2D eigenvalue weighted by Gasteiger charge is 2.23. The minimum Gasteiger partial charge on any atom is -0.325 e. The topological polar surface area (TPSA) is 104 Å². The monoisotopic (exact) mass is 301 g/mol. The summed E-state index contributed by atoms with van der Waals surface area (Å²) in [7, 11) is -3.54. The molecule has 0 aromatic carbocycles. The van der Waals surface area contributed by atoms with Gasteiger partial charge in [0.05, 0.1) is 11.4 Å². The predicted octanol–water partition coefficient (Wildman–Crippen LogP) is -0.0590. The fourth-order valence-corrected chi connectivity index (χ4v) is 3.95. The number of nitrogens with two attached hydrogens (primary N) is 1. The molecule has 2 heterocycles. The average Bonchev–Trinajstić information content (AvgIpc) is 2.81. The van der Waals surface area contributed by atoms with Crippen molar-refractivity contribution >= 4 is 10.0 Å². The molecule has 7 nitrogen and oxygen atoms in total. The number of sulfonamides is 1. The Balaban J connectivity index is 1.95. The number of aromatic nitrogens is 2. The van der Waals surface area contributed by atoms with Crippen LogP contribution in [0.15, 0.2) is 4.90 Å². The van der Waals surface area contributed by atoms with E-state index < -0.39 is 10.0 Å². The number of H-pyrrole nitrogens is 1. The number of hydrogen-bond acceptors (Lipinski definition) is 5. The summed E-state index contributed by atoms with van der Waals surface area (Å²) in [5.41, 5.74) is 6.43. The first-order valence-corrected chi connectivity index (χ1v) is 8.49. The van der Waals surface area contributed by atoms with E-state index >= 15 is 0 Å². The van der Waals surface area contributed by atoms with Gasteiger partial charge in [-0.25, -0.2) is 13.1 Å². The molecule has 0 bridgehead atoms. The predicted molar refractivity (Wildman–Crippen MR) is 76.7 cm³/mol. The number of piperidine rings is 1. The lowest BCUT2D eigenvalue weighted by Gasteiger charge is -2.26. The van der Waals surface area contributed by atoms with Crippen molar-refractivity contribution in [1.29, 1.82) is 0 Å². The van der Waals surface area contributed by atoms with Crippen molar-refractivity contribution in [3.63, 3.8) is 0 Å². The molecule has 0 amide bonds. The van der Waals surface area contributed by atoms with E-state index in [-0.39, 0.29) is 11.4 Å². The molecular weight excluding hydrogens is 278 g/mol. The Hall–Kier alpha value is -0.960. The molecule has 1 aliphatic rings. The van der Waals surface area contributed by atoms with Gasteiger partial charge in [0.25, 0.3) is 0 Å². The summed E-state index contributed by atoms with van der Waals surface area (Å²) in [4.78, 5) is 2.48. The quantitative estimate of drug-likeness (QED) is 0.683. The first-order chi connectivity index (χ1) is 9.54. The smallest absolute Gasteiger partial charge is 0.244 e. The average molecular weight is 301 g/mol. The molecule has 0 saturated carbocycles. The summed E-state index contributed by atoms with van der Waals surface area (Å²) in [5.74, 6) is 0. The van der Waals surface area contributed by atoms with Gasteiger partial charge in [-0.3, -0.25) is 5.10 Å². The van der Waals surface area contributed by atoms with Crippen molar-refractivity contribution in [3.8, 4) is 0 Å². The van der Waals surface area contributed by atoms with E-state index in [0.717, 1.165) is 19.6 Å². The van der Waals surface area contributed by atoms with Gasteiger partial charge in [-0.05, 0) is 32.9 Å². The van der Waals surface area contributed by atoms with Gasteiger partial charge in [0.15, 0.2) is 0 Å². The van der Waals surface area contributed by atoms with Crippen LogP contribution in [-0.4, -0.2) is 49.7 Å². The summed E-state index contributed by atoms with van der Waals surface area (Å²) in [6, 6.07) is 0. The normalized spacial score (nSPS) is 17.5. The molecule has 1 aromatic rings. The molecule has 1 fully saturated rings. The third-order valence-electron chi connectivity index (χ3n) is 3.59. The van der Waals surface area contributed by atoms with Gasteiger partial charge in [-0.1, -0.05) is 6.42 Å². The van der Waals surface area contributed by atoms with Crippen LogP contribution in [0.25, 0.3) is 0 Å². The minimum atomic E-state index is -3.54. The van der Waals surface area contributed by atoms with Crippen molar-refractivity contribution in [2.24, 2.45) is 5.73 Å². The maximum atomic E-state index is 12.3. The molecule has 0 radical (unpaired) electrons. The van der Waals surface area contributed by atoms with E-state index in [1.165, 1.54) is 19.3 Å². The largest absolute Gasteiger partial charge is 0.325 e. The zero-order valence-corrected chi connectivity index (χ0v) is 12.7. The van der Waals surface area contributed by atoms with Gasteiger partial charge in [0.2, 0.25) is 10.0 Å². The Morgan fingerprint density at radius 2 is 2.05 bits per heavy atom. The number of rotatable bonds is 6. The Labute approximate surface area is 120 Å². The molecule has 1 aromatic heterocycles. The molecular formula is C12H23N5O2S. The van der Waals surface area contributed by atoms with Crippen LogP contribution in [0, 0.1) is 6.92 Å². The van der Waals surface area contributed by atoms with Crippen molar-refractivity contribution in [2.75, 3.05) is 26.2 Å². The van der Waals surface area contributed by atoms with Crippen LogP contribution in [0.1, 0.15) is 30.7 Å². The van der Waals surface area contributed by atoms with Crippen molar-refractivity contribution in [2.45, 2.75) is 37.6 Å².